The van der Waals surface area contributed by atoms with Crippen molar-refractivity contribution in [1.29, 1.82) is 0 Å². The van der Waals surface area contributed by atoms with Crippen LogP contribution in [0.5, 0.6) is 5.75 Å². The Balaban J connectivity index is 2.15. The van der Waals surface area contributed by atoms with Crippen molar-refractivity contribution in [2.45, 2.75) is 45.3 Å². The topological polar surface area (TPSA) is 49.8 Å². The number of amides is 1. The quantitative estimate of drug-likeness (QED) is 0.844. The van der Waals surface area contributed by atoms with Crippen molar-refractivity contribution in [2.75, 3.05) is 6.54 Å². The summed E-state index contributed by atoms with van der Waals surface area (Å²) in [7, 11) is 0. The minimum atomic E-state index is -0.483. The van der Waals surface area contributed by atoms with Gasteiger partial charge in [0.2, 0.25) is 0 Å². The summed E-state index contributed by atoms with van der Waals surface area (Å²) in [6.45, 7) is 6.30. The van der Waals surface area contributed by atoms with Crippen LogP contribution in [0.2, 0.25) is 0 Å². The summed E-state index contributed by atoms with van der Waals surface area (Å²) in [6.07, 6.45) is 1.58. The second kappa shape index (κ2) is 5.11. The van der Waals surface area contributed by atoms with E-state index in [4.69, 9.17) is 4.74 Å². The molecule has 1 unspecified atom stereocenters. The van der Waals surface area contributed by atoms with Gasteiger partial charge in [-0.25, -0.2) is 4.79 Å². The molecule has 4 heteroatoms. The van der Waals surface area contributed by atoms with Gasteiger partial charge in [0.05, 0.1) is 6.04 Å². The molecule has 1 heterocycles. The van der Waals surface area contributed by atoms with Crippen LogP contribution in [0, 0.1) is 0 Å². The number of carbonyl (C=O) groups excluding carboxylic acids is 1. The lowest BCUT2D eigenvalue weighted by Crippen LogP contribution is -2.36. The molecule has 0 spiro atoms. The van der Waals surface area contributed by atoms with Crippen molar-refractivity contribution in [3.8, 4) is 5.75 Å². The molecule has 1 fully saturated rings. The van der Waals surface area contributed by atoms with E-state index in [1.54, 1.807) is 23.1 Å². The van der Waals surface area contributed by atoms with E-state index in [0.717, 1.165) is 18.4 Å². The van der Waals surface area contributed by atoms with Crippen LogP contribution in [-0.4, -0.2) is 28.2 Å². The highest BCUT2D eigenvalue weighted by Gasteiger charge is 2.33. The number of nitrogens with zero attached hydrogens (tertiary/aromatic N) is 1. The predicted molar refractivity (Wildman–Crippen MR) is 73.0 cm³/mol. The van der Waals surface area contributed by atoms with Crippen molar-refractivity contribution in [3.63, 3.8) is 0 Å². The van der Waals surface area contributed by atoms with Gasteiger partial charge in [0.15, 0.2) is 0 Å². The van der Waals surface area contributed by atoms with E-state index in [1.807, 2.05) is 26.8 Å². The van der Waals surface area contributed by atoms with E-state index in [-0.39, 0.29) is 17.9 Å². The smallest absolute Gasteiger partial charge is 0.410 e. The molecule has 2 rings (SSSR count). The zero-order chi connectivity index (χ0) is 14.0. The lowest BCUT2D eigenvalue weighted by molar-refractivity contribution is 0.0224. The number of ether oxygens (including phenoxy) is 1. The summed E-state index contributed by atoms with van der Waals surface area (Å²) >= 11 is 0. The van der Waals surface area contributed by atoms with Crippen LogP contribution >= 0.6 is 0 Å². The van der Waals surface area contributed by atoms with Crippen molar-refractivity contribution in [2.24, 2.45) is 0 Å². The molecule has 1 aromatic carbocycles. The molecule has 0 bridgehead atoms. The fraction of sp³-hybridized carbons (Fsp3) is 0.533. The second-order valence-electron chi connectivity index (χ2n) is 5.93. The van der Waals surface area contributed by atoms with Crippen LogP contribution in [0.15, 0.2) is 24.3 Å². The molecule has 104 valence electrons. The van der Waals surface area contributed by atoms with Crippen LogP contribution in [0.1, 0.15) is 45.2 Å². The molecule has 1 amide bonds. The van der Waals surface area contributed by atoms with Crippen molar-refractivity contribution in [3.05, 3.63) is 29.8 Å². The number of benzene rings is 1. The fourth-order valence-electron chi connectivity index (χ4n) is 2.38. The number of phenols is 1. The maximum absolute atomic E-state index is 12.2. The highest BCUT2D eigenvalue weighted by molar-refractivity contribution is 5.69. The second-order valence-corrected chi connectivity index (χ2v) is 5.93. The maximum atomic E-state index is 12.2. The Labute approximate surface area is 114 Å². The van der Waals surface area contributed by atoms with Gasteiger partial charge in [0.1, 0.15) is 11.4 Å². The Morgan fingerprint density at radius 2 is 2.16 bits per heavy atom. The zero-order valence-electron chi connectivity index (χ0n) is 11.7. The van der Waals surface area contributed by atoms with Gasteiger partial charge in [-0.3, -0.25) is 0 Å². The first-order valence-corrected chi connectivity index (χ1v) is 6.65. The summed E-state index contributed by atoms with van der Waals surface area (Å²) in [6, 6.07) is 7.09. The van der Waals surface area contributed by atoms with E-state index in [0.29, 0.717) is 6.54 Å². The van der Waals surface area contributed by atoms with E-state index in [2.05, 4.69) is 0 Å². The molecule has 19 heavy (non-hydrogen) atoms. The summed E-state index contributed by atoms with van der Waals surface area (Å²) in [5, 5.41) is 9.55. The molecule has 0 aromatic heterocycles. The molecule has 0 saturated carbocycles. The Bertz CT molecular complexity index is 465. The molecule has 0 aliphatic carbocycles. The van der Waals surface area contributed by atoms with Crippen molar-refractivity contribution < 1.29 is 14.6 Å². The molecule has 1 aromatic rings. The molecule has 1 saturated heterocycles. The highest BCUT2D eigenvalue weighted by Crippen LogP contribution is 2.34. The van der Waals surface area contributed by atoms with Gasteiger partial charge in [-0.15, -0.1) is 0 Å². The summed E-state index contributed by atoms with van der Waals surface area (Å²) in [5.41, 5.74) is 0.478. The molecule has 1 atom stereocenters. The molecule has 1 aliphatic rings. The number of hydrogen-bond donors (Lipinski definition) is 1. The molecule has 1 aliphatic heterocycles. The lowest BCUT2D eigenvalue weighted by atomic mass is 10.0. The van der Waals surface area contributed by atoms with E-state index < -0.39 is 5.60 Å². The first-order chi connectivity index (χ1) is 8.87. The van der Waals surface area contributed by atoms with Gasteiger partial charge in [0, 0.05) is 6.54 Å². The molecule has 1 N–H and O–H groups in total. The van der Waals surface area contributed by atoms with Crippen LogP contribution in [-0.2, 0) is 4.74 Å². The average Bonchev–Trinajstić information content (AvgIpc) is 2.75. The van der Waals surface area contributed by atoms with Crippen LogP contribution in [0.25, 0.3) is 0 Å². The first-order valence-electron chi connectivity index (χ1n) is 6.65. The van der Waals surface area contributed by atoms with Crippen molar-refractivity contribution in [1.82, 2.24) is 4.90 Å². The Hall–Kier alpha value is -1.71. The maximum Gasteiger partial charge on any atom is 0.410 e. The van der Waals surface area contributed by atoms with Gasteiger partial charge in [0.25, 0.3) is 0 Å². The lowest BCUT2D eigenvalue weighted by Gasteiger charge is -2.28. The third-order valence-electron chi connectivity index (χ3n) is 3.14. The van der Waals surface area contributed by atoms with Crippen LogP contribution in [0.3, 0.4) is 0 Å². The van der Waals surface area contributed by atoms with E-state index >= 15 is 0 Å². The van der Waals surface area contributed by atoms with Gasteiger partial charge >= 0.3 is 6.09 Å². The van der Waals surface area contributed by atoms with Crippen molar-refractivity contribution >= 4 is 6.09 Å². The SMILES string of the molecule is CC(C)(C)OC(=O)N1CCCC1c1cccc(O)c1. The average molecular weight is 263 g/mol. The minimum absolute atomic E-state index is 0.00181. The number of carbonyl (C=O) groups is 1. The van der Waals surface area contributed by atoms with Crippen LogP contribution < -0.4 is 0 Å². The number of likely N-dealkylation sites (tertiary alicyclic amines) is 1. The largest absolute Gasteiger partial charge is 0.508 e. The van der Waals surface area contributed by atoms with E-state index in [1.165, 1.54) is 0 Å². The fourth-order valence-corrected chi connectivity index (χ4v) is 2.38. The highest BCUT2D eigenvalue weighted by atomic mass is 16.6. The minimum Gasteiger partial charge on any atom is -0.508 e. The van der Waals surface area contributed by atoms with Gasteiger partial charge < -0.3 is 14.7 Å². The third kappa shape index (κ3) is 3.40. The number of aromatic hydroxyl groups is 1. The van der Waals surface area contributed by atoms with E-state index in [9.17, 15) is 9.90 Å². The summed E-state index contributed by atoms with van der Waals surface area (Å²) < 4.78 is 5.43. The number of phenolic OH excluding ortho intramolecular Hbond substituents is 1. The number of rotatable bonds is 1. The third-order valence-corrected chi connectivity index (χ3v) is 3.14. The molecular formula is C15H21NO3. The predicted octanol–water partition coefficient (Wildman–Crippen LogP) is 3.46. The van der Waals surface area contributed by atoms with Gasteiger partial charge in [-0.1, -0.05) is 12.1 Å². The number of hydrogen-bond acceptors (Lipinski definition) is 3. The molecular weight excluding hydrogens is 242 g/mol. The molecule has 4 nitrogen and oxygen atoms in total. The first kappa shape index (κ1) is 13.7. The summed E-state index contributed by atoms with van der Waals surface area (Å²) in [5.74, 6) is 0.230. The van der Waals surface area contributed by atoms with Crippen LogP contribution in [0.4, 0.5) is 4.79 Å². The Morgan fingerprint density at radius 1 is 1.42 bits per heavy atom. The van der Waals surface area contributed by atoms with Gasteiger partial charge in [-0.05, 0) is 51.3 Å². The van der Waals surface area contributed by atoms with Gasteiger partial charge in [-0.2, -0.15) is 0 Å². The normalized spacial score (nSPS) is 19.5. The Kier molecular flexibility index (Phi) is 3.69. The standard InChI is InChI=1S/C15H21NO3/c1-15(2,3)19-14(18)16-9-5-8-13(16)11-6-4-7-12(17)10-11/h4,6-7,10,13,17H,5,8-9H2,1-3H3. The zero-order valence-corrected chi connectivity index (χ0v) is 11.7. The molecule has 0 radical (unpaired) electrons. The summed E-state index contributed by atoms with van der Waals surface area (Å²) in [4.78, 5) is 13.9. The monoisotopic (exact) mass is 263 g/mol. The Morgan fingerprint density at radius 3 is 2.79 bits per heavy atom.